The lowest BCUT2D eigenvalue weighted by Gasteiger charge is -2.07. The Bertz CT molecular complexity index is 462. The summed E-state index contributed by atoms with van der Waals surface area (Å²) in [5, 5.41) is -0.641. The fourth-order valence-corrected chi connectivity index (χ4v) is 1.65. The summed E-state index contributed by atoms with van der Waals surface area (Å²) in [6.45, 7) is 1.92. The monoisotopic (exact) mass is 276 g/mol. The summed E-state index contributed by atoms with van der Waals surface area (Å²) in [6, 6.07) is 2.20. The number of rotatable bonds is 4. The van der Waals surface area contributed by atoms with Crippen molar-refractivity contribution in [3.8, 4) is 0 Å². The smallest absolute Gasteiger partial charge is 0.310 e. The van der Waals surface area contributed by atoms with Gasteiger partial charge < -0.3 is 4.74 Å². The number of esters is 1. The van der Waals surface area contributed by atoms with Crippen LogP contribution in [0, 0.1) is 5.82 Å². The third-order valence-electron chi connectivity index (χ3n) is 2.01. The largest absolute Gasteiger partial charge is 0.466 e. The third kappa shape index (κ3) is 3.71. The Morgan fingerprint density at radius 2 is 2.12 bits per heavy atom. The molecule has 3 nitrogen and oxygen atoms in total. The molecule has 0 aromatic heterocycles. The highest BCUT2D eigenvalue weighted by atomic mass is 35.5. The topological polar surface area (TPSA) is 43.4 Å². The Labute approximate surface area is 108 Å². The van der Waals surface area contributed by atoms with Crippen LogP contribution in [-0.4, -0.2) is 17.7 Å². The van der Waals surface area contributed by atoms with Gasteiger partial charge in [0, 0.05) is 5.02 Å². The number of carbonyl (C=O) groups excluding carboxylic acids is 2. The standard InChI is InChI=1S/C11H10ClFO3S/c1-2-16-10(14)4-6-3-7(11(15)17)9(13)5-8(6)12/h3,5H,2,4H2,1H3,(H,15,17). The Hall–Kier alpha value is -1.07. The number of carbonyl (C=O) groups is 2. The Kier molecular flexibility index (Phi) is 4.96. The van der Waals surface area contributed by atoms with Crippen LogP contribution in [0.5, 0.6) is 0 Å². The fourth-order valence-electron chi connectivity index (χ4n) is 1.26. The highest BCUT2D eigenvalue weighted by Crippen LogP contribution is 2.22. The SMILES string of the molecule is CCOC(=O)Cc1cc(C(=O)S)c(F)cc1Cl. The Morgan fingerprint density at radius 1 is 1.47 bits per heavy atom. The van der Waals surface area contributed by atoms with Crippen molar-refractivity contribution in [2.75, 3.05) is 6.61 Å². The maximum absolute atomic E-state index is 13.3. The molecule has 1 aromatic rings. The minimum Gasteiger partial charge on any atom is -0.466 e. The van der Waals surface area contributed by atoms with Gasteiger partial charge in [0.2, 0.25) is 5.12 Å². The molecule has 0 radical (unpaired) electrons. The molecule has 1 rings (SSSR count). The summed E-state index contributed by atoms with van der Waals surface area (Å²) in [5.41, 5.74) is 0.126. The highest BCUT2D eigenvalue weighted by molar-refractivity contribution is 7.97. The Morgan fingerprint density at radius 3 is 2.65 bits per heavy atom. The summed E-state index contributed by atoms with van der Waals surface area (Å²) in [6.07, 6.45) is -0.110. The van der Waals surface area contributed by atoms with E-state index in [0.717, 1.165) is 6.07 Å². The summed E-state index contributed by atoms with van der Waals surface area (Å²) >= 11 is 9.30. The number of hydrogen-bond acceptors (Lipinski definition) is 3. The van der Waals surface area contributed by atoms with Crippen LogP contribution >= 0.6 is 24.2 Å². The maximum atomic E-state index is 13.3. The van der Waals surface area contributed by atoms with Gasteiger partial charge in [-0.25, -0.2) is 4.39 Å². The second kappa shape index (κ2) is 6.02. The first-order valence-electron chi connectivity index (χ1n) is 4.82. The Balaban J connectivity index is 3.03. The molecule has 0 amide bonds. The zero-order chi connectivity index (χ0) is 13.0. The first kappa shape index (κ1) is 14.0. The zero-order valence-electron chi connectivity index (χ0n) is 9.00. The third-order valence-corrected chi connectivity index (χ3v) is 2.60. The van der Waals surface area contributed by atoms with Crippen molar-refractivity contribution in [1.82, 2.24) is 0 Å². The normalized spacial score (nSPS) is 10.1. The minimum atomic E-state index is -0.761. The van der Waals surface area contributed by atoms with E-state index in [1.165, 1.54) is 6.07 Å². The predicted molar refractivity (Wildman–Crippen MR) is 65.1 cm³/mol. The number of hydrogen-bond donors (Lipinski definition) is 1. The molecular formula is C11H10ClFO3S. The van der Waals surface area contributed by atoms with Crippen LogP contribution in [0.1, 0.15) is 22.8 Å². The highest BCUT2D eigenvalue weighted by Gasteiger charge is 2.15. The van der Waals surface area contributed by atoms with Crippen LogP contribution in [0.4, 0.5) is 4.39 Å². The number of halogens is 2. The van der Waals surface area contributed by atoms with Gasteiger partial charge in [0.15, 0.2) is 0 Å². The van der Waals surface area contributed by atoms with Gasteiger partial charge in [-0.3, -0.25) is 9.59 Å². The molecule has 0 aliphatic carbocycles. The number of ether oxygens (including phenoxy) is 1. The molecule has 1 aromatic carbocycles. The molecule has 0 bridgehead atoms. The van der Waals surface area contributed by atoms with Gasteiger partial charge in [-0.2, -0.15) is 0 Å². The minimum absolute atomic E-state index is 0.0777. The molecular weight excluding hydrogens is 267 g/mol. The second-order valence-corrected chi connectivity index (χ2v) is 4.02. The molecule has 92 valence electrons. The van der Waals surface area contributed by atoms with Crippen molar-refractivity contribution in [1.29, 1.82) is 0 Å². The van der Waals surface area contributed by atoms with Gasteiger partial charge in [0.1, 0.15) is 5.82 Å². The van der Waals surface area contributed by atoms with Gasteiger partial charge in [-0.05, 0) is 24.6 Å². The van der Waals surface area contributed by atoms with Gasteiger partial charge in [-0.1, -0.05) is 11.6 Å². The lowest BCUT2D eigenvalue weighted by molar-refractivity contribution is -0.142. The van der Waals surface area contributed by atoms with E-state index >= 15 is 0 Å². The fraction of sp³-hybridized carbons (Fsp3) is 0.273. The molecule has 0 heterocycles. The molecule has 17 heavy (non-hydrogen) atoms. The van der Waals surface area contributed by atoms with Gasteiger partial charge >= 0.3 is 5.97 Å². The van der Waals surface area contributed by atoms with E-state index in [9.17, 15) is 14.0 Å². The first-order chi connectivity index (χ1) is 7.95. The van der Waals surface area contributed by atoms with Crippen molar-refractivity contribution >= 4 is 35.3 Å². The van der Waals surface area contributed by atoms with E-state index in [-0.39, 0.29) is 23.6 Å². The molecule has 0 saturated carbocycles. The first-order valence-corrected chi connectivity index (χ1v) is 5.65. The van der Waals surface area contributed by atoms with Crippen molar-refractivity contribution < 1.29 is 18.7 Å². The molecule has 0 atom stereocenters. The van der Waals surface area contributed by atoms with Crippen LogP contribution in [0.15, 0.2) is 12.1 Å². The van der Waals surface area contributed by atoms with E-state index < -0.39 is 16.9 Å². The van der Waals surface area contributed by atoms with Crippen molar-refractivity contribution in [2.24, 2.45) is 0 Å². The quantitative estimate of drug-likeness (QED) is 0.679. The molecule has 0 unspecified atom stereocenters. The second-order valence-electron chi connectivity index (χ2n) is 3.21. The summed E-state index contributed by atoms with van der Waals surface area (Å²) in [7, 11) is 0. The van der Waals surface area contributed by atoms with Crippen molar-refractivity contribution in [3.63, 3.8) is 0 Å². The molecule has 0 fully saturated rings. The average Bonchev–Trinajstić information content (AvgIpc) is 2.21. The van der Waals surface area contributed by atoms with E-state index in [1.807, 2.05) is 0 Å². The predicted octanol–water partition coefficient (Wildman–Crippen LogP) is 2.65. The average molecular weight is 277 g/mol. The maximum Gasteiger partial charge on any atom is 0.310 e. The van der Waals surface area contributed by atoms with Crippen LogP contribution < -0.4 is 0 Å². The summed E-state index contributed by atoms with van der Waals surface area (Å²) in [4.78, 5) is 22.3. The number of thiol groups is 1. The van der Waals surface area contributed by atoms with Crippen LogP contribution in [0.3, 0.4) is 0 Å². The lowest BCUT2D eigenvalue weighted by atomic mass is 10.1. The zero-order valence-corrected chi connectivity index (χ0v) is 10.6. The van der Waals surface area contributed by atoms with Crippen molar-refractivity contribution in [3.05, 3.63) is 34.1 Å². The van der Waals surface area contributed by atoms with Crippen LogP contribution in [0.2, 0.25) is 5.02 Å². The van der Waals surface area contributed by atoms with Crippen molar-refractivity contribution in [2.45, 2.75) is 13.3 Å². The van der Waals surface area contributed by atoms with E-state index in [4.69, 9.17) is 16.3 Å². The van der Waals surface area contributed by atoms with E-state index in [0.29, 0.717) is 5.56 Å². The molecule has 0 N–H and O–H groups in total. The van der Waals surface area contributed by atoms with E-state index in [1.54, 1.807) is 6.92 Å². The lowest BCUT2D eigenvalue weighted by Crippen LogP contribution is -2.09. The molecule has 6 heteroatoms. The summed E-state index contributed by atoms with van der Waals surface area (Å²) < 4.78 is 18.0. The van der Waals surface area contributed by atoms with Gasteiger partial charge in [0.05, 0.1) is 18.6 Å². The molecule has 0 saturated heterocycles. The summed E-state index contributed by atoms with van der Waals surface area (Å²) in [5.74, 6) is -1.25. The molecule has 0 aliphatic rings. The molecule has 0 spiro atoms. The number of benzene rings is 1. The van der Waals surface area contributed by atoms with Gasteiger partial charge in [-0.15, -0.1) is 12.6 Å². The van der Waals surface area contributed by atoms with Crippen LogP contribution in [-0.2, 0) is 16.0 Å². The van der Waals surface area contributed by atoms with E-state index in [2.05, 4.69) is 12.6 Å². The molecule has 0 aliphatic heterocycles. The van der Waals surface area contributed by atoms with Gasteiger partial charge in [0.25, 0.3) is 0 Å². The van der Waals surface area contributed by atoms with Crippen LogP contribution in [0.25, 0.3) is 0 Å².